The van der Waals surface area contributed by atoms with Crippen LogP contribution in [0.2, 0.25) is 0 Å². The maximum absolute atomic E-state index is 12.0. The third-order valence-electron chi connectivity index (χ3n) is 2.05. The fraction of sp³-hybridized carbons (Fsp3) is 0.308. The molecule has 1 rings (SSSR count). The van der Waals surface area contributed by atoms with Crippen LogP contribution in [0.15, 0.2) is 35.2 Å². The number of carboxylic acid groups (broad SMARTS) is 1. The van der Waals surface area contributed by atoms with Crippen LogP contribution >= 0.6 is 0 Å². The van der Waals surface area contributed by atoms with E-state index >= 15 is 0 Å². The summed E-state index contributed by atoms with van der Waals surface area (Å²) in [4.78, 5) is 10.5. The molecule has 0 aliphatic rings. The number of sulfonamides is 1. The number of hydrogen-bond donors (Lipinski definition) is 2. The average molecular weight is 283 g/mol. The molecule has 5 nitrogen and oxygen atoms in total. The van der Waals surface area contributed by atoms with Crippen molar-refractivity contribution < 1.29 is 18.3 Å². The van der Waals surface area contributed by atoms with E-state index in [4.69, 9.17) is 5.11 Å². The van der Waals surface area contributed by atoms with Crippen LogP contribution in [0.5, 0.6) is 0 Å². The lowest BCUT2D eigenvalue weighted by molar-refractivity contribution is -0.131. The highest BCUT2D eigenvalue weighted by atomic mass is 32.2. The third-order valence-corrected chi connectivity index (χ3v) is 3.82. The lowest BCUT2D eigenvalue weighted by Crippen LogP contribution is -2.40. The molecule has 0 heterocycles. The topological polar surface area (TPSA) is 83.5 Å². The lowest BCUT2D eigenvalue weighted by Gasteiger charge is -2.20. The van der Waals surface area contributed by atoms with E-state index in [1.165, 1.54) is 18.2 Å². The molecule has 0 amide bonds. The van der Waals surface area contributed by atoms with E-state index in [1.54, 1.807) is 32.9 Å². The van der Waals surface area contributed by atoms with Crippen LogP contribution in [0.1, 0.15) is 26.3 Å². The maximum Gasteiger partial charge on any atom is 0.328 e. The molecule has 19 heavy (non-hydrogen) atoms. The Labute approximate surface area is 113 Å². The lowest BCUT2D eigenvalue weighted by atomic mass is 10.1. The molecule has 1 aromatic carbocycles. The molecule has 0 saturated carbocycles. The monoisotopic (exact) mass is 283 g/mol. The number of nitrogens with one attached hydrogen (secondary N) is 1. The van der Waals surface area contributed by atoms with Crippen molar-refractivity contribution in [3.05, 3.63) is 35.9 Å². The molecule has 0 unspecified atom stereocenters. The molecule has 0 aliphatic carbocycles. The number of carboxylic acids is 1. The van der Waals surface area contributed by atoms with Gasteiger partial charge in [0.25, 0.3) is 0 Å². The Balaban J connectivity index is 2.96. The molecule has 0 radical (unpaired) electrons. The Morgan fingerprint density at radius 1 is 1.21 bits per heavy atom. The Kier molecular flexibility index (Phi) is 4.49. The Bertz CT molecular complexity index is 580. The van der Waals surface area contributed by atoms with Gasteiger partial charge in [-0.2, -0.15) is 0 Å². The number of benzene rings is 1. The summed E-state index contributed by atoms with van der Waals surface area (Å²) < 4.78 is 26.5. The van der Waals surface area contributed by atoms with Gasteiger partial charge in [0.05, 0.1) is 4.90 Å². The zero-order valence-corrected chi connectivity index (χ0v) is 11.9. The molecule has 0 aromatic heterocycles. The van der Waals surface area contributed by atoms with Gasteiger partial charge in [-0.15, -0.1) is 0 Å². The van der Waals surface area contributed by atoms with Gasteiger partial charge in [0, 0.05) is 11.6 Å². The molecule has 0 bridgehead atoms. The summed E-state index contributed by atoms with van der Waals surface area (Å²) in [7, 11) is -3.56. The summed E-state index contributed by atoms with van der Waals surface area (Å²) >= 11 is 0. The first kappa shape index (κ1) is 15.4. The molecular weight excluding hydrogens is 266 g/mol. The first-order valence-electron chi connectivity index (χ1n) is 5.65. The Morgan fingerprint density at radius 3 is 2.16 bits per heavy atom. The highest BCUT2D eigenvalue weighted by Crippen LogP contribution is 2.14. The summed E-state index contributed by atoms with van der Waals surface area (Å²) in [6.07, 6.45) is 2.40. The quantitative estimate of drug-likeness (QED) is 0.826. The summed E-state index contributed by atoms with van der Waals surface area (Å²) in [6.45, 7) is 5.28. The summed E-state index contributed by atoms with van der Waals surface area (Å²) in [6, 6.07) is 5.98. The molecule has 0 aliphatic heterocycles. The molecule has 0 saturated heterocycles. The molecule has 104 valence electrons. The van der Waals surface area contributed by atoms with E-state index in [0.29, 0.717) is 5.56 Å². The molecule has 1 aromatic rings. The van der Waals surface area contributed by atoms with Gasteiger partial charge >= 0.3 is 5.97 Å². The van der Waals surface area contributed by atoms with Crippen molar-refractivity contribution in [3.8, 4) is 0 Å². The highest BCUT2D eigenvalue weighted by molar-refractivity contribution is 7.89. The summed E-state index contributed by atoms with van der Waals surface area (Å²) in [5.41, 5.74) is 0.0675. The molecule has 2 N–H and O–H groups in total. The second kappa shape index (κ2) is 5.54. The fourth-order valence-electron chi connectivity index (χ4n) is 1.39. The van der Waals surface area contributed by atoms with Crippen molar-refractivity contribution in [2.75, 3.05) is 0 Å². The van der Waals surface area contributed by atoms with Gasteiger partial charge < -0.3 is 5.11 Å². The Hall–Kier alpha value is -1.66. The molecule has 0 atom stereocenters. The minimum atomic E-state index is -3.56. The molecule has 0 fully saturated rings. The highest BCUT2D eigenvalue weighted by Gasteiger charge is 2.21. The van der Waals surface area contributed by atoms with E-state index < -0.39 is 21.5 Å². The van der Waals surface area contributed by atoms with E-state index in [2.05, 4.69) is 4.72 Å². The van der Waals surface area contributed by atoms with Crippen LogP contribution in [-0.2, 0) is 14.8 Å². The molecular formula is C13H17NO4S. The number of rotatable bonds is 4. The van der Waals surface area contributed by atoms with Gasteiger partial charge in [0.2, 0.25) is 10.0 Å². The molecule has 6 heteroatoms. The zero-order valence-electron chi connectivity index (χ0n) is 11.0. The van der Waals surface area contributed by atoms with Gasteiger partial charge in [-0.3, -0.25) is 0 Å². The zero-order chi connectivity index (χ0) is 14.7. The SMILES string of the molecule is CC(C)(C)NS(=O)(=O)c1ccc(C=CC(=O)O)cc1. The van der Waals surface area contributed by atoms with Crippen molar-refractivity contribution >= 4 is 22.1 Å². The second-order valence-corrected chi connectivity index (χ2v) is 6.78. The number of hydrogen-bond acceptors (Lipinski definition) is 3. The maximum atomic E-state index is 12.0. The number of carbonyl (C=O) groups is 1. The minimum Gasteiger partial charge on any atom is -0.478 e. The van der Waals surface area contributed by atoms with Crippen LogP contribution in [0.25, 0.3) is 6.08 Å². The average Bonchev–Trinajstić information content (AvgIpc) is 2.23. The van der Waals surface area contributed by atoms with Gasteiger partial charge in [0.1, 0.15) is 0 Å². The first-order valence-corrected chi connectivity index (χ1v) is 7.13. The van der Waals surface area contributed by atoms with Crippen molar-refractivity contribution in [2.24, 2.45) is 0 Å². The number of aliphatic carboxylic acids is 1. The summed E-state index contributed by atoms with van der Waals surface area (Å²) in [5, 5.41) is 8.49. The van der Waals surface area contributed by atoms with Gasteiger partial charge in [-0.25, -0.2) is 17.9 Å². The van der Waals surface area contributed by atoms with Crippen LogP contribution in [-0.4, -0.2) is 25.0 Å². The van der Waals surface area contributed by atoms with Crippen molar-refractivity contribution in [1.29, 1.82) is 0 Å². The van der Waals surface area contributed by atoms with Crippen molar-refractivity contribution in [3.63, 3.8) is 0 Å². The van der Waals surface area contributed by atoms with Crippen LogP contribution in [0, 0.1) is 0 Å². The first-order chi connectivity index (χ1) is 8.60. The normalized spacial score (nSPS) is 12.8. The predicted octanol–water partition coefficient (Wildman–Crippen LogP) is 1.86. The minimum absolute atomic E-state index is 0.148. The van der Waals surface area contributed by atoms with Crippen LogP contribution in [0.4, 0.5) is 0 Å². The van der Waals surface area contributed by atoms with E-state index in [0.717, 1.165) is 6.08 Å². The largest absolute Gasteiger partial charge is 0.478 e. The smallest absolute Gasteiger partial charge is 0.328 e. The van der Waals surface area contributed by atoms with Gasteiger partial charge in [0.15, 0.2) is 0 Å². The summed E-state index contributed by atoms with van der Waals surface area (Å²) in [5.74, 6) is -1.05. The Morgan fingerprint density at radius 2 is 1.74 bits per heavy atom. The third kappa shape index (κ3) is 5.23. The molecule has 0 spiro atoms. The second-order valence-electron chi connectivity index (χ2n) is 5.10. The van der Waals surface area contributed by atoms with Gasteiger partial charge in [-0.1, -0.05) is 12.1 Å². The standard InChI is InChI=1S/C13H17NO4S/c1-13(2,3)14-19(17,18)11-7-4-10(5-8-11)6-9-12(15)16/h4-9,14H,1-3H3,(H,15,16). The van der Waals surface area contributed by atoms with Crippen molar-refractivity contribution in [2.45, 2.75) is 31.2 Å². The van der Waals surface area contributed by atoms with E-state index in [1.807, 2.05) is 0 Å². The predicted molar refractivity (Wildman–Crippen MR) is 73.2 cm³/mol. The van der Waals surface area contributed by atoms with Gasteiger partial charge in [-0.05, 0) is 44.5 Å². The fourth-order valence-corrected chi connectivity index (χ4v) is 2.81. The van der Waals surface area contributed by atoms with E-state index in [-0.39, 0.29) is 4.90 Å². The van der Waals surface area contributed by atoms with E-state index in [9.17, 15) is 13.2 Å². The van der Waals surface area contributed by atoms with Crippen LogP contribution < -0.4 is 4.72 Å². The van der Waals surface area contributed by atoms with Crippen molar-refractivity contribution in [1.82, 2.24) is 4.72 Å². The van der Waals surface area contributed by atoms with Crippen LogP contribution in [0.3, 0.4) is 0 Å².